The molecule has 7 nitrogen and oxygen atoms in total. The van der Waals surface area contributed by atoms with Crippen molar-refractivity contribution in [2.24, 2.45) is 4.99 Å². The molecule has 1 saturated heterocycles. The van der Waals surface area contributed by atoms with Crippen LogP contribution in [0.15, 0.2) is 23.2 Å². The summed E-state index contributed by atoms with van der Waals surface area (Å²) in [6, 6.07) is 5.77. The number of likely N-dealkylation sites (N-methyl/N-ethyl adjacent to an activating group) is 1. The van der Waals surface area contributed by atoms with Crippen LogP contribution in [0, 0.1) is 0 Å². The van der Waals surface area contributed by atoms with Gasteiger partial charge < -0.3 is 29.9 Å². The largest absolute Gasteiger partial charge is 0.493 e. The molecule has 1 aliphatic heterocycles. The Balaban J connectivity index is 0.00000392. The third kappa shape index (κ3) is 8.40. The molecule has 0 saturated carbocycles. The smallest absolute Gasteiger partial charge is 0.195 e. The number of guanidine groups is 1. The Morgan fingerprint density at radius 2 is 1.89 bits per heavy atom. The maximum absolute atomic E-state index is 5.37. The molecule has 8 heteroatoms. The Morgan fingerprint density at radius 3 is 2.61 bits per heavy atom. The Kier molecular flexibility index (Phi) is 12.2. The van der Waals surface area contributed by atoms with Crippen LogP contribution in [0.3, 0.4) is 0 Å². The second-order valence-electron chi connectivity index (χ2n) is 6.81. The van der Waals surface area contributed by atoms with Crippen molar-refractivity contribution in [3.63, 3.8) is 0 Å². The van der Waals surface area contributed by atoms with Gasteiger partial charge in [-0.15, -0.1) is 24.0 Å². The van der Waals surface area contributed by atoms with Crippen LogP contribution >= 0.6 is 24.0 Å². The van der Waals surface area contributed by atoms with Gasteiger partial charge in [0.1, 0.15) is 0 Å². The van der Waals surface area contributed by atoms with E-state index in [0.29, 0.717) is 11.5 Å². The van der Waals surface area contributed by atoms with Gasteiger partial charge in [0.25, 0.3) is 0 Å². The molecule has 1 heterocycles. The number of nitrogens with zero attached hydrogens (tertiary/aromatic N) is 3. The van der Waals surface area contributed by atoms with Gasteiger partial charge in [0.05, 0.1) is 14.2 Å². The van der Waals surface area contributed by atoms with Crippen molar-refractivity contribution in [3.8, 4) is 11.5 Å². The van der Waals surface area contributed by atoms with E-state index in [9.17, 15) is 0 Å². The zero-order valence-corrected chi connectivity index (χ0v) is 20.0. The predicted molar refractivity (Wildman–Crippen MR) is 128 cm³/mol. The van der Waals surface area contributed by atoms with Crippen molar-refractivity contribution < 1.29 is 9.47 Å². The van der Waals surface area contributed by atoms with Crippen molar-refractivity contribution in [3.05, 3.63) is 18.2 Å². The lowest BCUT2D eigenvalue weighted by Crippen LogP contribution is -2.32. The molecular weight excluding hydrogens is 469 g/mol. The van der Waals surface area contributed by atoms with Crippen LogP contribution in [-0.4, -0.2) is 82.8 Å². The highest BCUT2D eigenvalue weighted by Crippen LogP contribution is 2.29. The number of hydrogen-bond donors (Lipinski definition) is 2. The SMILES string of the molecule is CCNC(=NCCCN1CCCN(C)CC1)Nc1ccc(OC)c(OC)c1.I. The number of hydrogen-bond acceptors (Lipinski definition) is 5. The fourth-order valence-corrected chi connectivity index (χ4v) is 3.17. The molecule has 0 amide bonds. The van der Waals surface area contributed by atoms with Gasteiger partial charge in [-0.3, -0.25) is 4.99 Å². The highest BCUT2D eigenvalue weighted by Gasteiger charge is 2.11. The summed E-state index contributed by atoms with van der Waals surface area (Å²) in [5.74, 6) is 2.21. The first kappa shape index (κ1) is 24.8. The molecule has 0 aromatic heterocycles. The maximum Gasteiger partial charge on any atom is 0.195 e. The van der Waals surface area contributed by atoms with Gasteiger partial charge >= 0.3 is 0 Å². The molecule has 2 rings (SSSR count). The molecule has 0 unspecified atom stereocenters. The summed E-state index contributed by atoms with van der Waals surface area (Å²) >= 11 is 0. The second-order valence-corrected chi connectivity index (χ2v) is 6.81. The van der Waals surface area contributed by atoms with Gasteiger partial charge in [0.15, 0.2) is 17.5 Å². The Labute approximate surface area is 186 Å². The van der Waals surface area contributed by atoms with Gasteiger partial charge in [-0.1, -0.05) is 0 Å². The van der Waals surface area contributed by atoms with E-state index in [4.69, 9.17) is 14.5 Å². The van der Waals surface area contributed by atoms with E-state index in [2.05, 4.69) is 34.4 Å². The number of benzene rings is 1. The minimum Gasteiger partial charge on any atom is -0.493 e. The number of rotatable bonds is 8. The lowest BCUT2D eigenvalue weighted by atomic mass is 10.2. The van der Waals surface area contributed by atoms with Crippen molar-refractivity contribution in [1.29, 1.82) is 0 Å². The average molecular weight is 505 g/mol. The molecule has 1 aromatic rings. The fraction of sp³-hybridized carbons (Fsp3) is 0.650. The number of nitrogens with one attached hydrogen (secondary N) is 2. The van der Waals surface area contributed by atoms with Crippen molar-refractivity contribution >= 4 is 35.6 Å². The summed E-state index contributed by atoms with van der Waals surface area (Å²) in [7, 11) is 5.48. The van der Waals surface area contributed by atoms with Crippen LogP contribution in [0.4, 0.5) is 5.69 Å². The van der Waals surface area contributed by atoms with E-state index in [1.54, 1.807) is 14.2 Å². The molecule has 0 spiro atoms. The molecule has 1 aliphatic rings. The topological polar surface area (TPSA) is 61.4 Å². The fourth-order valence-electron chi connectivity index (χ4n) is 3.17. The zero-order chi connectivity index (χ0) is 19.5. The Morgan fingerprint density at radius 1 is 1.11 bits per heavy atom. The third-order valence-corrected chi connectivity index (χ3v) is 4.70. The maximum atomic E-state index is 5.37. The summed E-state index contributed by atoms with van der Waals surface area (Å²) in [4.78, 5) is 9.68. The van der Waals surface area contributed by atoms with E-state index in [1.807, 2.05) is 18.2 Å². The lowest BCUT2D eigenvalue weighted by molar-refractivity contribution is 0.275. The number of halogens is 1. The summed E-state index contributed by atoms with van der Waals surface area (Å²) in [5.41, 5.74) is 0.919. The average Bonchev–Trinajstić information content (AvgIpc) is 2.89. The zero-order valence-electron chi connectivity index (χ0n) is 17.7. The Hall–Kier alpha value is -1.26. The van der Waals surface area contributed by atoms with Crippen molar-refractivity contribution in [2.45, 2.75) is 19.8 Å². The molecule has 28 heavy (non-hydrogen) atoms. The second kappa shape index (κ2) is 13.8. The normalized spacial score (nSPS) is 16.1. The number of aliphatic imine (C=N–C) groups is 1. The van der Waals surface area contributed by atoms with E-state index < -0.39 is 0 Å². The number of ether oxygens (including phenoxy) is 2. The molecule has 1 aromatic carbocycles. The third-order valence-electron chi connectivity index (χ3n) is 4.70. The molecule has 0 aliphatic carbocycles. The number of methoxy groups -OCH3 is 2. The van der Waals surface area contributed by atoms with Gasteiger partial charge in [0.2, 0.25) is 0 Å². The minimum absolute atomic E-state index is 0. The molecule has 1 fully saturated rings. The van der Waals surface area contributed by atoms with Crippen molar-refractivity contribution in [1.82, 2.24) is 15.1 Å². The van der Waals surface area contributed by atoms with Crippen LogP contribution in [0.2, 0.25) is 0 Å². The minimum atomic E-state index is 0. The molecule has 0 bridgehead atoms. The van der Waals surface area contributed by atoms with E-state index >= 15 is 0 Å². The van der Waals surface area contributed by atoms with Crippen molar-refractivity contribution in [2.75, 3.05) is 72.4 Å². The van der Waals surface area contributed by atoms with E-state index in [0.717, 1.165) is 50.8 Å². The lowest BCUT2D eigenvalue weighted by Gasteiger charge is -2.19. The molecule has 0 radical (unpaired) electrons. The summed E-state index contributed by atoms with van der Waals surface area (Å²) in [6.45, 7) is 9.50. The summed E-state index contributed by atoms with van der Waals surface area (Å²) in [6.07, 6.45) is 2.31. The highest BCUT2D eigenvalue weighted by molar-refractivity contribution is 14.0. The first-order chi connectivity index (χ1) is 13.2. The predicted octanol–water partition coefficient (Wildman–Crippen LogP) is 2.73. The summed E-state index contributed by atoms with van der Waals surface area (Å²) in [5, 5.41) is 6.64. The molecular formula is C20H36IN5O2. The van der Waals surface area contributed by atoms with Gasteiger partial charge in [-0.2, -0.15) is 0 Å². The molecule has 2 N–H and O–H groups in total. The van der Waals surface area contributed by atoms with Crippen LogP contribution in [0.1, 0.15) is 19.8 Å². The van der Waals surface area contributed by atoms with Crippen LogP contribution in [-0.2, 0) is 0 Å². The highest BCUT2D eigenvalue weighted by atomic mass is 127. The van der Waals surface area contributed by atoms with Gasteiger partial charge in [-0.25, -0.2) is 0 Å². The van der Waals surface area contributed by atoms with Crippen LogP contribution < -0.4 is 20.1 Å². The standard InChI is InChI=1S/C20H35N5O2.HI/c1-5-21-20(23-17-8-9-18(26-3)19(16-17)27-4)22-10-6-12-25-13-7-11-24(2)14-15-25;/h8-9,16H,5-7,10-15H2,1-4H3,(H2,21,22,23);1H. The Bertz CT molecular complexity index is 600. The first-order valence-corrected chi connectivity index (χ1v) is 9.84. The van der Waals surface area contributed by atoms with E-state index in [1.165, 1.54) is 19.5 Å². The van der Waals surface area contributed by atoms with Crippen LogP contribution in [0.5, 0.6) is 11.5 Å². The quantitative estimate of drug-likeness (QED) is 0.245. The summed E-state index contributed by atoms with van der Waals surface area (Å²) < 4.78 is 10.7. The monoisotopic (exact) mass is 505 g/mol. The van der Waals surface area contributed by atoms with E-state index in [-0.39, 0.29) is 24.0 Å². The van der Waals surface area contributed by atoms with Crippen LogP contribution in [0.25, 0.3) is 0 Å². The molecule has 0 atom stereocenters. The molecule has 160 valence electrons. The number of anilines is 1. The van der Waals surface area contributed by atoms with Gasteiger partial charge in [0, 0.05) is 37.9 Å². The van der Waals surface area contributed by atoms with Gasteiger partial charge in [-0.05, 0) is 58.6 Å². The first-order valence-electron chi connectivity index (χ1n) is 9.84.